The molecular weight excluding hydrogens is 168 g/mol. The van der Waals surface area contributed by atoms with Crippen LogP contribution in [-0.4, -0.2) is 0 Å². The van der Waals surface area contributed by atoms with Crippen molar-refractivity contribution in [3.8, 4) is 0 Å². The highest BCUT2D eigenvalue weighted by Gasteiger charge is 2.46. The second kappa shape index (κ2) is 3.54. The number of hydrogen-bond acceptors (Lipinski definition) is 0. The molecule has 2 fully saturated rings. The molecule has 0 aromatic rings. The summed E-state index contributed by atoms with van der Waals surface area (Å²) in [6, 6.07) is 0. The SMILES string of the molecule is CC(C)(C)C1CCCCC12CCCC2. The van der Waals surface area contributed by atoms with Crippen molar-refractivity contribution in [1.82, 2.24) is 0 Å². The van der Waals surface area contributed by atoms with Gasteiger partial charge in [-0.15, -0.1) is 0 Å². The summed E-state index contributed by atoms with van der Waals surface area (Å²) in [6.45, 7) is 7.38. The molecule has 0 nitrogen and oxygen atoms in total. The van der Waals surface area contributed by atoms with Gasteiger partial charge in [0.2, 0.25) is 0 Å². The first-order chi connectivity index (χ1) is 6.55. The van der Waals surface area contributed by atoms with Gasteiger partial charge in [0.05, 0.1) is 0 Å². The molecule has 1 atom stereocenters. The van der Waals surface area contributed by atoms with Crippen molar-refractivity contribution < 1.29 is 0 Å². The molecule has 0 aromatic heterocycles. The quantitative estimate of drug-likeness (QED) is 0.520. The van der Waals surface area contributed by atoms with Crippen molar-refractivity contribution in [1.29, 1.82) is 0 Å². The lowest BCUT2D eigenvalue weighted by molar-refractivity contribution is 0.0165. The van der Waals surface area contributed by atoms with E-state index in [4.69, 9.17) is 0 Å². The van der Waals surface area contributed by atoms with Crippen molar-refractivity contribution >= 4 is 0 Å². The summed E-state index contributed by atoms with van der Waals surface area (Å²) < 4.78 is 0. The molecule has 2 aliphatic carbocycles. The summed E-state index contributed by atoms with van der Waals surface area (Å²) in [7, 11) is 0. The summed E-state index contributed by atoms with van der Waals surface area (Å²) in [5.74, 6) is 1.01. The van der Waals surface area contributed by atoms with Gasteiger partial charge >= 0.3 is 0 Å². The van der Waals surface area contributed by atoms with Crippen LogP contribution in [0.1, 0.15) is 72.1 Å². The van der Waals surface area contributed by atoms with Gasteiger partial charge in [-0.05, 0) is 42.4 Å². The van der Waals surface area contributed by atoms with Gasteiger partial charge in [0.15, 0.2) is 0 Å². The lowest BCUT2D eigenvalue weighted by Gasteiger charge is -2.48. The monoisotopic (exact) mass is 194 g/mol. The van der Waals surface area contributed by atoms with Crippen molar-refractivity contribution in [2.45, 2.75) is 72.1 Å². The van der Waals surface area contributed by atoms with Crippen LogP contribution in [0, 0.1) is 16.7 Å². The molecule has 0 bridgehead atoms. The highest BCUT2D eigenvalue weighted by molar-refractivity contribution is 4.97. The van der Waals surface area contributed by atoms with Crippen molar-refractivity contribution in [3.63, 3.8) is 0 Å². The minimum atomic E-state index is 0.546. The Hall–Kier alpha value is 0. The molecule has 0 N–H and O–H groups in total. The third-order valence-corrected chi connectivity index (χ3v) is 4.80. The van der Waals surface area contributed by atoms with Gasteiger partial charge in [0.1, 0.15) is 0 Å². The number of rotatable bonds is 0. The van der Waals surface area contributed by atoms with E-state index in [1.165, 1.54) is 51.4 Å². The third kappa shape index (κ3) is 1.73. The average molecular weight is 194 g/mol. The Morgan fingerprint density at radius 1 is 0.857 bits per heavy atom. The fraction of sp³-hybridized carbons (Fsp3) is 1.00. The Labute approximate surface area is 89.5 Å². The second-order valence-electron chi connectivity index (χ2n) is 6.73. The van der Waals surface area contributed by atoms with Gasteiger partial charge in [-0.2, -0.15) is 0 Å². The molecule has 0 amide bonds. The summed E-state index contributed by atoms with van der Waals surface area (Å²) in [6.07, 6.45) is 12.1. The normalized spacial score (nSPS) is 32.4. The topological polar surface area (TPSA) is 0 Å². The fourth-order valence-corrected chi connectivity index (χ4v) is 4.34. The van der Waals surface area contributed by atoms with Crippen LogP contribution in [0.15, 0.2) is 0 Å². The Balaban J connectivity index is 2.19. The minimum Gasteiger partial charge on any atom is -0.0599 e. The van der Waals surface area contributed by atoms with E-state index in [1.807, 2.05) is 0 Å². The molecule has 0 heteroatoms. The van der Waals surface area contributed by atoms with Crippen LogP contribution in [0.4, 0.5) is 0 Å². The molecule has 1 spiro atoms. The predicted octanol–water partition coefficient (Wildman–Crippen LogP) is 4.78. The van der Waals surface area contributed by atoms with Gasteiger partial charge < -0.3 is 0 Å². The van der Waals surface area contributed by atoms with Gasteiger partial charge in [-0.25, -0.2) is 0 Å². The van der Waals surface area contributed by atoms with Crippen molar-refractivity contribution in [2.24, 2.45) is 16.7 Å². The number of hydrogen-bond donors (Lipinski definition) is 0. The molecule has 14 heavy (non-hydrogen) atoms. The highest BCUT2D eigenvalue weighted by Crippen LogP contribution is 2.57. The van der Waals surface area contributed by atoms with Crippen LogP contribution >= 0.6 is 0 Å². The molecule has 2 rings (SSSR count). The largest absolute Gasteiger partial charge is 0.0599 e. The van der Waals surface area contributed by atoms with Crippen molar-refractivity contribution in [2.75, 3.05) is 0 Å². The summed E-state index contributed by atoms with van der Waals surface area (Å²) in [5, 5.41) is 0. The van der Waals surface area contributed by atoms with Crippen LogP contribution < -0.4 is 0 Å². The predicted molar refractivity (Wildman–Crippen MR) is 62.3 cm³/mol. The molecule has 2 aliphatic rings. The third-order valence-electron chi connectivity index (χ3n) is 4.80. The summed E-state index contributed by atoms with van der Waals surface area (Å²) in [4.78, 5) is 0. The fourth-order valence-electron chi connectivity index (χ4n) is 4.34. The Morgan fingerprint density at radius 2 is 1.36 bits per heavy atom. The maximum atomic E-state index is 2.46. The smallest absolute Gasteiger partial charge is 0.0264 e. The van der Waals surface area contributed by atoms with E-state index < -0.39 is 0 Å². The molecule has 2 saturated carbocycles. The minimum absolute atomic E-state index is 0.546. The molecule has 0 saturated heterocycles. The highest BCUT2D eigenvalue weighted by atomic mass is 14.5. The zero-order chi connectivity index (χ0) is 10.2. The van der Waals surface area contributed by atoms with Gasteiger partial charge in [0.25, 0.3) is 0 Å². The summed E-state index contributed by atoms with van der Waals surface area (Å²) >= 11 is 0. The van der Waals surface area contributed by atoms with Crippen LogP contribution in [0.25, 0.3) is 0 Å². The van der Waals surface area contributed by atoms with E-state index in [-0.39, 0.29) is 0 Å². The van der Waals surface area contributed by atoms with Crippen molar-refractivity contribution in [3.05, 3.63) is 0 Å². The van der Waals surface area contributed by atoms with E-state index >= 15 is 0 Å². The second-order valence-corrected chi connectivity index (χ2v) is 6.73. The molecule has 0 heterocycles. The molecule has 0 radical (unpaired) electrons. The molecule has 82 valence electrons. The molecule has 0 aromatic carbocycles. The van der Waals surface area contributed by atoms with E-state index in [1.54, 1.807) is 0 Å². The van der Waals surface area contributed by atoms with E-state index in [0.717, 1.165) is 11.3 Å². The van der Waals surface area contributed by atoms with E-state index in [9.17, 15) is 0 Å². The first kappa shape index (κ1) is 10.5. The van der Waals surface area contributed by atoms with Crippen LogP contribution in [-0.2, 0) is 0 Å². The molecule has 1 unspecified atom stereocenters. The first-order valence-corrected chi connectivity index (χ1v) is 6.55. The van der Waals surface area contributed by atoms with Crippen LogP contribution in [0.3, 0.4) is 0 Å². The van der Waals surface area contributed by atoms with Gasteiger partial charge in [-0.1, -0.05) is 46.5 Å². The van der Waals surface area contributed by atoms with Gasteiger partial charge in [0, 0.05) is 0 Å². The van der Waals surface area contributed by atoms with Gasteiger partial charge in [-0.3, -0.25) is 0 Å². The summed E-state index contributed by atoms with van der Waals surface area (Å²) in [5.41, 5.74) is 1.32. The maximum Gasteiger partial charge on any atom is -0.0264 e. The zero-order valence-electron chi connectivity index (χ0n) is 10.2. The first-order valence-electron chi connectivity index (χ1n) is 6.55. The zero-order valence-corrected chi connectivity index (χ0v) is 10.2. The van der Waals surface area contributed by atoms with Crippen LogP contribution in [0.5, 0.6) is 0 Å². The lowest BCUT2D eigenvalue weighted by atomic mass is 9.57. The molecular formula is C14H26. The van der Waals surface area contributed by atoms with Crippen LogP contribution in [0.2, 0.25) is 0 Å². The standard InChI is InChI=1S/C14H26/c1-13(2,3)12-8-4-5-9-14(12)10-6-7-11-14/h12H,4-11H2,1-3H3. The Morgan fingerprint density at radius 3 is 1.86 bits per heavy atom. The van der Waals surface area contributed by atoms with E-state index in [0.29, 0.717) is 5.41 Å². The molecule has 0 aliphatic heterocycles. The maximum absolute atomic E-state index is 2.46. The lowest BCUT2D eigenvalue weighted by Crippen LogP contribution is -2.39. The van der Waals surface area contributed by atoms with E-state index in [2.05, 4.69) is 20.8 Å². The Bertz CT molecular complexity index is 191. The average Bonchev–Trinajstić information content (AvgIpc) is 2.52. The Kier molecular flexibility index (Phi) is 2.66.